The van der Waals surface area contributed by atoms with E-state index in [2.05, 4.69) is 0 Å². The monoisotopic (exact) mass is 282 g/mol. The van der Waals surface area contributed by atoms with Gasteiger partial charge < -0.3 is 9.47 Å². The first-order valence-electron chi connectivity index (χ1n) is 6.73. The van der Waals surface area contributed by atoms with E-state index in [1.165, 1.54) is 0 Å². The van der Waals surface area contributed by atoms with E-state index in [1.807, 2.05) is 37.3 Å². The van der Waals surface area contributed by atoms with Gasteiger partial charge >= 0.3 is 0 Å². The maximum Gasteiger partial charge on any atom is 0.169 e. The lowest BCUT2D eigenvalue weighted by Gasteiger charge is -2.11. The molecule has 2 rings (SSSR count). The van der Waals surface area contributed by atoms with Crippen molar-refractivity contribution in [3.8, 4) is 17.2 Å². The first-order valence-corrected chi connectivity index (χ1v) is 6.73. The van der Waals surface area contributed by atoms with E-state index in [0.717, 1.165) is 5.56 Å². The quantitative estimate of drug-likeness (QED) is 0.744. The molecule has 0 heterocycles. The Labute approximate surface area is 124 Å². The molecule has 0 saturated carbocycles. The SMILES string of the molecule is C/C=C/c1ccc(Oc2ccc(C(C)=O)cc2)c(OC)c1. The zero-order valence-corrected chi connectivity index (χ0v) is 12.4. The van der Waals surface area contributed by atoms with Gasteiger partial charge in [-0.1, -0.05) is 18.2 Å². The zero-order chi connectivity index (χ0) is 15.2. The molecule has 0 saturated heterocycles. The fraction of sp³-hybridized carbons (Fsp3) is 0.167. The summed E-state index contributed by atoms with van der Waals surface area (Å²) in [5, 5.41) is 0. The van der Waals surface area contributed by atoms with Crippen LogP contribution in [0.2, 0.25) is 0 Å². The molecule has 0 atom stereocenters. The lowest BCUT2D eigenvalue weighted by molar-refractivity contribution is 0.101. The minimum Gasteiger partial charge on any atom is -0.493 e. The number of methoxy groups -OCH3 is 1. The number of Topliss-reactive ketones (excluding diaryl/α,β-unsaturated/α-hetero) is 1. The number of carbonyl (C=O) groups is 1. The summed E-state index contributed by atoms with van der Waals surface area (Å²) < 4.78 is 11.2. The minimum atomic E-state index is 0.0369. The highest BCUT2D eigenvalue weighted by Gasteiger charge is 2.07. The Bertz CT molecular complexity index is 655. The van der Waals surface area contributed by atoms with Gasteiger partial charge in [-0.15, -0.1) is 0 Å². The predicted molar refractivity (Wildman–Crippen MR) is 84.2 cm³/mol. The van der Waals surface area contributed by atoms with Crippen LogP contribution in [0.5, 0.6) is 17.2 Å². The Balaban J connectivity index is 2.24. The van der Waals surface area contributed by atoms with Crippen LogP contribution in [-0.4, -0.2) is 12.9 Å². The van der Waals surface area contributed by atoms with Crippen molar-refractivity contribution in [1.29, 1.82) is 0 Å². The van der Waals surface area contributed by atoms with E-state index in [0.29, 0.717) is 22.8 Å². The van der Waals surface area contributed by atoms with Crippen molar-refractivity contribution in [2.24, 2.45) is 0 Å². The van der Waals surface area contributed by atoms with Gasteiger partial charge in [0.05, 0.1) is 7.11 Å². The molecule has 3 heteroatoms. The van der Waals surface area contributed by atoms with Crippen LogP contribution >= 0.6 is 0 Å². The second-order valence-corrected chi connectivity index (χ2v) is 4.59. The summed E-state index contributed by atoms with van der Waals surface area (Å²) in [7, 11) is 1.61. The van der Waals surface area contributed by atoms with E-state index in [9.17, 15) is 4.79 Å². The van der Waals surface area contributed by atoms with Crippen LogP contribution in [0.1, 0.15) is 29.8 Å². The van der Waals surface area contributed by atoms with E-state index >= 15 is 0 Å². The van der Waals surface area contributed by atoms with Crippen LogP contribution in [0.25, 0.3) is 6.08 Å². The number of benzene rings is 2. The van der Waals surface area contributed by atoms with Gasteiger partial charge in [0.1, 0.15) is 5.75 Å². The van der Waals surface area contributed by atoms with Gasteiger partial charge in [0.25, 0.3) is 0 Å². The third-order valence-corrected chi connectivity index (χ3v) is 3.04. The molecule has 21 heavy (non-hydrogen) atoms. The first kappa shape index (κ1) is 14.9. The van der Waals surface area contributed by atoms with Crippen LogP contribution in [-0.2, 0) is 0 Å². The molecule has 0 amide bonds. The van der Waals surface area contributed by atoms with Gasteiger partial charge in [0.2, 0.25) is 0 Å². The highest BCUT2D eigenvalue weighted by molar-refractivity contribution is 5.94. The van der Waals surface area contributed by atoms with Crippen molar-refractivity contribution in [1.82, 2.24) is 0 Å². The molecule has 0 N–H and O–H groups in total. The average molecular weight is 282 g/mol. The van der Waals surface area contributed by atoms with Gasteiger partial charge in [-0.05, 0) is 55.8 Å². The average Bonchev–Trinajstić information content (AvgIpc) is 2.49. The molecule has 0 aliphatic heterocycles. The molecule has 0 aromatic heterocycles. The van der Waals surface area contributed by atoms with Crippen molar-refractivity contribution in [2.75, 3.05) is 7.11 Å². The van der Waals surface area contributed by atoms with Crippen molar-refractivity contribution >= 4 is 11.9 Å². The molecule has 108 valence electrons. The summed E-state index contributed by atoms with van der Waals surface area (Å²) in [6.45, 7) is 3.51. The Morgan fingerprint density at radius 3 is 2.33 bits per heavy atom. The molecule has 0 aliphatic rings. The lowest BCUT2D eigenvalue weighted by atomic mass is 10.1. The van der Waals surface area contributed by atoms with Gasteiger partial charge in [-0.2, -0.15) is 0 Å². The molecule has 0 bridgehead atoms. The number of allylic oxidation sites excluding steroid dienone is 1. The summed E-state index contributed by atoms with van der Waals surface area (Å²) in [5.74, 6) is 2.01. The van der Waals surface area contributed by atoms with Crippen molar-refractivity contribution < 1.29 is 14.3 Å². The number of ether oxygens (including phenoxy) is 2. The molecular weight excluding hydrogens is 264 g/mol. The Hall–Kier alpha value is -2.55. The van der Waals surface area contributed by atoms with Gasteiger partial charge in [0, 0.05) is 5.56 Å². The third-order valence-electron chi connectivity index (χ3n) is 3.04. The Kier molecular flexibility index (Phi) is 4.77. The maximum atomic E-state index is 11.2. The summed E-state index contributed by atoms with van der Waals surface area (Å²) >= 11 is 0. The highest BCUT2D eigenvalue weighted by atomic mass is 16.5. The number of ketones is 1. The molecule has 2 aromatic rings. The van der Waals surface area contributed by atoms with Crippen LogP contribution in [0.4, 0.5) is 0 Å². The largest absolute Gasteiger partial charge is 0.493 e. The summed E-state index contributed by atoms with van der Waals surface area (Å²) in [6.07, 6.45) is 3.96. The molecule has 3 nitrogen and oxygen atoms in total. The van der Waals surface area contributed by atoms with E-state index in [1.54, 1.807) is 38.3 Å². The minimum absolute atomic E-state index is 0.0369. The van der Waals surface area contributed by atoms with Crippen molar-refractivity contribution in [3.05, 3.63) is 59.7 Å². The normalized spacial score (nSPS) is 10.6. The molecule has 0 spiro atoms. The fourth-order valence-electron chi connectivity index (χ4n) is 1.95. The number of hydrogen-bond donors (Lipinski definition) is 0. The van der Waals surface area contributed by atoms with Crippen LogP contribution in [0, 0.1) is 0 Å². The fourth-order valence-corrected chi connectivity index (χ4v) is 1.95. The lowest BCUT2D eigenvalue weighted by Crippen LogP contribution is -1.93. The number of rotatable bonds is 5. The first-order chi connectivity index (χ1) is 10.1. The number of carbonyl (C=O) groups excluding carboxylic acids is 1. The predicted octanol–water partition coefficient (Wildman–Crippen LogP) is 4.72. The van der Waals surface area contributed by atoms with Gasteiger partial charge in [-0.25, -0.2) is 0 Å². The van der Waals surface area contributed by atoms with E-state index < -0.39 is 0 Å². The summed E-state index contributed by atoms with van der Waals surface area (Å²) in [6, 6.07) is 12.8. The van der Waals surface area contributed by atoms with Crippen LogP contribution < -0.4 is 9.47 Å². The molecule has 0 radical (unpaired) electrons. The second-order valence-electron chi connectivity index (χ2n) is 4.59. The van der Waals surface area contributed by atoms with Crippen LogP contribution in [0.3, 0.4) is 0 Å². The summed E-state index contributed by atoms with van der Waals surface area (Å²) in [4.78, 5) is 11.2. The Morgan fingerprint density at radius 2 is 1.76 bits per heavy atom. The smallest absolute Gasteiger partial charge is 0.169 e. The molecule has 0 unspecified atom stereocenters. The van der Waals surface area contributed by atoms with E-state index in [-0.39, 0.29) is 5.78 Å². The highest BCUT2D eigenvalue weighted by Crippen LogP contribution is 2.32. The number of hydrogen-bond acceptors (Lipinski definition) is 3. The zero-order valence-electron chi connectivity index (χ0n) is 12.4. The second kappa shape index (κ2) is 6.75. The van der Waals surface area contributed by atoms with Crippen molar-refractivity contribution in [3.63, 3.8) is 0 Å². The summed E-state index contributed by atoms with van der Waals surface area (Å²) in [5.41, 5.74) is 1.71. The standard InChI is InChI=1S/C18H18O3/c1-4-5-14-6-11-17(18(12-14)20-3)21-16-9-7-15(8-10-16)13(2)19/h4-12H,1-3H3/b5-4+. The topological polar surface area (TPSA) is 35.5 Å². The van der Waals surface area contributed by atoms with Gasteiger partial charge in [0.15, 0.2) is 17.3 Å². The Morgan fingerprint density at radius 1 is 1.05 bits per heavy atom. The maximum absolute atomic E-state index is 11.2. The van der Waals surface area contributed by atoms with E-state index in [4.69, 9.17) is 9.47 Å². The molecule has 0 aliphatic carbocycles. The van der Waals surface area contributed by atoms with Crippen LogP contribution in [0.15, 0.2) is 48.5 Å². The molecular formula is C18H18O3. The van der Waals surface area contributed by atoms with Crippen molar-refractivity contribution in [2.45, 2.75) is 13.8 Å². The molecule has 2 aromatic carbocycles. The molecule has 0 fully saturated rings. The third kappa shape index (κ3) is 3.72. The van der Waals surface area contributed by atoms with Gasteiger partial charge in [-0.3, -0.25) is 4.79 Å².